The molecule has 0 unspecified atom stereocenters. The van der Waals surface area contributed by atoms with Gasteiger partial charge in [0.2, 0.25) is 0 Å². The van der Waals surface area contributed by atoms with Gasteiger partial charge in [-0.25, -0.2) is 4.79 Å². The third-order valence-corrected chi connectivity index (χ3v) is 3.10. The van der Waals surface area contributed by atoms with Crippen LogP contribution in [0, 0.1) is 11.3 Å². The molecule has 2 rings (SSSR count). The van der Waals surface area contributed by atoms with Crippen molar-refractivity contribution in [2.24, 2.45) is 0 Å². The lowest BCUT2D eigenvalue weighted by Crippen LogP contribution is -2.27. The molecule has 0 saturated carbocycles. The minimum Gasteiger partial charge on any atom is -0.444 e. The van der Waals surface area contributed by atoms with Crippen molar-refractivity contribution in [2.45, 2.75) is 32.8 Å². The molecule has 7 nitrogen and oxygen atoms in total. The summed E-state index contributed by atoms with van der Waals surface area (Å²) in [6.45, 7) is 6.14. The molecule has 1 amide bonds. The first-order valence-electron chi connectivity index (χ1n) is 7.92. The standard InChI is InChI=1S/C18H21N5O2/c1-18(2,3)25-17(24)21-14-6-4-13(5-7-14)10-11-20-16-9-8-15(12-19)22-23-16/h4-9H,10-11H2,1-3H3,(H,20,23)(H,21,24). The second-order valence-corrected chi connectivity index (χ2v) is 6.42. The Morgan fingerprint density at radius 3 is 2.44 bits per heavy atom. The van der Waals surface area contributed by atoms with E-state index in [-0.39, 0.29) is 0 Å². The second-order valence-electron chi connectivity index (χ2n) is 6.42. The van der Waals surface area contributed by atoms with Crippen molar-refractivity contribution in [1.82, 2.24) is 10.2 Å². The van der Waals surface area contributed by atoms with Gasteiger partial charge >= 0.3 is 6.09 Å². The molecule has 0 aliphatic heterocycles. The van der Waals surface area contributed by atoms with Crippen molar-refractivity contribution in [3.8, 4) is 6.07 Å². The average Bonchev–Trinajstić information content (AvgIpc) is 2.55. The number of hydrogen-bond donors (Lipinski definition) is 2. The molecule has 25 heavy (non-hydrogen) atoms. The van der Waals surface area contributed by atoms with Crippen LogP contribution in [0.3, 0.4) is 0 Å². The topological polar surface area (TPSA) is 99.9 Å². The molecule has 0 fully saturated rings. The maximum absolute atomic E-state index is 11.7. The number of nitrogens with one attached hydrogen (secondary N) is 2. The zero-order chi connectivity index (χ0) is 18.3. The quantitative estimate of drug-likeness (QED) is 0.866. The maximum Gasteiger partial charge on any atom is 0.412 e. The van der Waals surface area contributed by atoms with Gasteiger partial charge in [0.25, 0.3) is 0 Å². The Balaban J connectivity index is 1.80. The fourth-order valence-electron chi connectivity index (χ4n) is 2.00. The highest BCUT2D eigenvalue weighted by Gasteiger charge is 2.15. The number of amides is 1. The number of aromatic nitrogens is 2. The Morgan fingerprint density at radius 2 is 1.88 bits per heavy atom. The Hall–Kier alpha value is -3.14. The number of ether oxygens (including phenoxy) is 1. The van der Waals surface area contributed by atoms with E-state index in [1.165, 1.54) is 0 Å². The van der Waals surface area contributed by atoms with Crippen molar-refractivity contribution in [1.29, 1.82) is 5.26 Å². The van der Waals surface area contributed by atoms with Crippen LogP contribution in [-0.2, 0) is 11.2 Å². The van der Waals surface area contributed by atoms with Crippen LogP contribution in [0.5, 0.6) is 0 Å². The number of rotatable bonds is 5. The van der Waals surface area contributed by atoms with E-state index in [0.717, 1.165) is 12.0 Å². The third kappa shape index (κ3) is 6.47. The predicted octanol–water partition coefficient (Wildman–Crippen LogP) is 3.35. The van der Waals surface area contributed by atoms with Crippen molar-refractivity contribution in [3.05, 3.63) is 47.7 Å². The molecule has 1 aromatic carbocycles. The van der Waals surface area contributed by atoms with Gasteiger partial charge in [-0.1, -0.05) is 12.1 Å². The van der Waals surface area contributed by atoms with Gasteiger partial charge in [-0.05, 0) is 57.0 Å². The molecule has 2 N–H and O–H groups in total. The molecule has 0 aliphatic rings. The largest absolute Gasteiger partial charge is 0.444 e. The van der Waals surface area contributed by atoms with Gasteiger partial charge in [-0.3, -0.25) is 5.32 Å². The summed E-state index contributed by atoms with van der Waals surface area (Å²) in [6.07, 6.45) is 0.315. The summed E-state index contributed by atoms with van der Waals surface area (Å²) in [6, 6.07) is 12.8. The molecule has 1 aromatic heterocycles. The van der Waals surface area contributed by atoms with Gasteiger partial charge in [0.05, 0.1) is 0 Å². The fraction of sp³-hybridized carbons (Fsp3) is 0.333. The van der Waals surface area contributed by atoms with Gasteiger partial charge in [0.1, 0.15) is 17.5 Å². The van der Waals surface area contributed by atoms with Crippen molar-refractivity contribution < 1.29 is 9.53 Å². The summed E-state index contributed by atoms with van der Waals surface area (Å²) in [5.41, 5.74) is 1.57. The lowest BCUT2D eigenvalue weighted by molar-refractivity contribution is 0.0636. The predicted molar refractivity (Wildman–Crippen MR) is 95.2 cm³/mol. The number of nitriles is 1. The lowest BCUT2D eigenvalue weighted by atomic mass is 10.1. The number of carbonyl (C=O) groups excluding carboxylic acids is 1. The van der Waals surface area contributed by atoms with Crippen LogP contribution in [0.4, 0.5) is 16.3 Å². The van der Waals surface area contributed by atoms with E-state index in [1.807, 2.05) is 51.1 Å². The zero-order valence-electron chi connectivity index (χ0n) is 14.5. The van der Waals surface area contributed by atoms with Crippen molar-refractivity contribution >= 4 is 17.6 Å². The maximum atomic E-state index is 11.7. The molecule has 0 spiro atoms. The van der Waals surface area contributed by atoms with E-state index in [9.17, 15) is 4.79 Å². The molecule has 2 aromatic rings. The third-order valence-electron chi connectivity index (χ3n) is 3.10. The van der Waals surface area contributed by atoms with Gasteiger partial charge in [0.15, 0.2) is 5.69 Å². The van der Waals surface area contributed by atoms with Gasteiger partial charge in [0, 0.05) is 12.2 Å². The molecular formula is C18H21N5O2. The summed E-state index contributed by atoms with van der Waals surface area (Å²) in [5, 5.41) is 22.2. The highest BCUT2D eigenvalue weighted by Crippen LogP contribution is 2.13. The Labute approximate surface area is 147 Å². The molecule has 0 bridgehead atoms. The monoisotopic (exact) mass is 339 g/mol. The van der Waals surface area contributed by atoms with E-state index in [1.54, 1.807) is 12.1 Å². The summed E-state index contributed by atoms with van der Waals surface area (Å²) in [7, 11) is 0. The molecular weight excluding hydrogens is 318 g/mol. The summed E-state index contributed by atoms with van der Waals surface area (Å²) < 4.78 is 5.21. The minimum absolute atomic E-state index is 0.290. The first kappa shape index (κ1) is 18.2. The van der Waals surface area contributed by atoms with Crippen LogP contribution in [0.1, 0.15) is 32.0 Å². The number of carbonyl (C=O) groups is 1. The van der Waals surface area contributed by atoms with Gasteiger partial charge in [-0.15, -0.1) is 10.2 Å². The molecule has 7 heteroatoms. The van der Waals surface area contributed by atoms with Crippen LogP contribution in [0.2, 0.25) is 0 Å². The Kier molecular flexibility index (Phi) is 5.90. The van der Waals surface area contributed by atoms with E-state index in [4.69, 9.17) is 10.00 Å². The number of hydrogen-bond acceptors (Lipinski definition) is 6. The molecule has 0 atom stereocenters. The highest BCUT2D eigenvalue weighted by molar-refractivity contribution is 5.84. The van der Waals surface area contributed by atoms with E-state index < -0.39 is 11.7 Å². The molecule has 130 valence electrons. The Bertz CT molecular complexity index is 743. The summed E-state index contributed by atoms with van der Waals surface area (Å²) in [5.74, 6) is 0.627. The van der Waals surface area contributed by atoms with Crippen LogP contribution in [0.25, 0.3) is 0 Å². The van der Waals surface area contributed by atoms with Crippen LogP contribution < -0.4 is 10.6 Å². The van der Waals surface area contributed by atoms with Gasteiger partial charge < -0.3 is 10.1 Å². The van der Waals surface area contributed by atoms with Crippen LogP contribution >= 0.6 is 0 Å². The molecule has 0 aliphatic carbocycles. The molecule has 0 saturated heterocycles. The van der Waals surface area contributed by atoms with Gasteiger partial charge in [-0.2, -0.15) is 5.26 Å². The Morgan fingerprint density at radius 1 is 1.16 bits per heavy atom. The van der Waals surface area contributed by atoms with Crippen LogP contribution in [-0.4, -0.2) is 28.4 Å². The second kappa shape index (κ2) is 8.11. The lowest BCUT2D eigenvalue weighted by Gasteiger charge is -2.19. The number of nitrogens with zero attached hydrogens (tertiary/aromatic N) is 3. The number of anilines is 2. The van der Waals surface area contributed by atoms with Crippen molar-refractivity contribution in [3.63, 3.8) is 0 Å². The SMILES string of the molecule is CC(C)(C)OC(=O)Nc1ccc(CCNc2ccc(C#N)nn2)cc1. The van der Waals surface area contributed by atoms with E-state index in [0.29, 0.717) is 23.7 Å². The minimum atomic E-state index is -0.524. The van der Waals surface area contributed by atoms with Crippen molar-refractivity contribution in [2.75, 3.05) is 17.2 Å². The van der Waals surface area contributed by atoms with E-state index in [2.05, 4.69) is 20.8 Å². The first-order chi connectivity index (χ1) is 11.9. The zero-order valence-corrected chi connectivity index (χ0v) is 14.5. The average molecular weight is 339 g/mol. The summed E-state index contributed by atoms with van der Waals surface area (Å²) in [4.78, 5) is 11.7. The molecule has 1 heterocycles. The normalized spacial score (nSPS) is 10.6. The van der Waals surface area contributed by atoms with E-state index >= 15 is 0 Å². The molecule has 0 radical (unpaired) electrons. The summed E-state index contributed by atoms with van der Waals surface area (Å²) >= 11 is 0. The number of benzene rings is 1. The first-order valence-corrected chi connectivity index (χ1v) is 7.92. The smallest absolute Gasteiger partial charge is 0.412 e. The highest BCUT2D eigenvalue weighted by atomic mass is 16.6. The fourth-order valence-corrected chi connectivity index (χ4v) is 2.00. The van der Waals surface area contributed by atoms with Crippen LogP contribution in [0.15, 0.2) is 36.4 Å².